The van der Waals surface area contributed by atoms with Crippen LogP contribution in [0.15, 0.2) is 48.5 Å². The van der Waals surface area contributed by atoms with Gasteiger partial charge in [-0.05, 0) is 49.4 Å². The monoisotopic (exact) mass is 389 g/mol. The number of hydrogen-bond acceptors (Lipinski definition) is 3. The highest BCUT2D eigenvalue weighted by atomic mass is 16.3. The van der Waals surface area contributed by atoms with Gasteiger partial charge in [-0.15, -0.1) is 0 Å². The van der Waals surface area contributed by atoms with E-state index in [4.69, 9.17) is 0 Å². The number of aryl methyl sites for hydroxylation is 2. The normalized spacial score (nSPS) is 20.0. The third-order valence-electron chi connectivity index (χ3n) is 6.64. The summed E-state index contributed by atoms with van der Waals surface area (Å²) in [5.74, 6) is 0. The van der Waals surface area contributed by atoms with Crippen molar-refractivity contribution in [3.63, 3.8) is 0 Å². The molecule has 0 unspecified atom stereocenters. The van der Waals surface area contributed by atoms with Gasteiger partial charge in [0.25, 0.3) is 0 Å². The van der Waals surface area contributed by atoms with E-state index in [1.165, 1.54) is 47.0 Å². The minimum absolute atomic E-state index is 0.345. The molecular formula is C25H31N3O. The predicted octanol–water partition coefficient (Wildman–Crippen LogP) is 3.79. The number of aliphatic hydroxyl groups is 1. The topological polar surface area (TPSA) is 40.4 Å². The van der Waals surface area contributed by atoms with Crippen LogP contribution in [-0.4, -0.2) is 40.3 Å². The lowest BCUT2D eigenvalue weighted by Crippen LogP contribution is -2.45. The van der Waals surface area contributed by atoms with E-state index in [2.05, 4.69) is 64.2 Å². The lowest BCUT2D eigenvalue weighted by Gasteiger charge is -2.40. The Balaban J connectivity index is 1.29. The molecule has 0 amide bonds. The zero-order chi connectivity index (χ0) is 19.8. The molecule has 0 bridgehead atoms. The van der Waals surface area contributed by atoms with Gasteiger partial charge in [0, 0.05) is 49.3 Å². The molecule has 0 radical (unpaired) electrons. The Hall–Kier alpha value is -2.14. The second-order valence-electron chi connectivity index (χ2n) is 8.71. The lowest BCUT2D eigenvalue weighted by atomic mass is 9.89. The molecule has 2 aromatic carbocycles. The van der Waals surface area contributed by atoms with Crippen LogP contribution in [0.3, 0.4) is 0 Å². The molecule has 152 valence electrons. The predicted molar refractivity (Wildman–Crippen MR) is 118 cm³/mol. The smallest absolute Gasteiger partial charge is 0.0791 e. The summed E-state index contributed by atoms with van der Waals surface area (Å²) < 4.78 is 2.56. The first-order valence-electron chi connectivity index (χ1n) is 11.0. The summed E-state index contributed by atoms with van der Waals surface area (Å²) in [6, 6.07) is 17.7. The van der Waals surface area contributed by atoms with E-state index in [9.17, 15) is 5.11 Å². The van der Waals surface area contributed by atoms with Crippen molar-refractivity contribution < 1.29 is 5.11 Å². The number of rotatable bonds is 6. The van der Waals surface area contributed by atoms with Crippen LogP contribution < -0.4 is 5.32 Å². The van der Waals surface area contributed by atoms with Gasteiger partial charge in [-0.1, -0.05) is 42.0 Å². The number of fused-ring (bicyclic) bond motifs is 3. The first-order valence-corrected chi connectivity index (χ1v) is 11.0. The van der Waals surface area contributed by atoms with Crippen molar-refractivity contribution in [3.8, 4) is 0 Å². The SMILES string of the molecule is Cc1ccc2c(c1)c1c3n2CCN(C[C@@H](O)CNCc2ccccc2)[C@H]3CCC1. The highest BCUT2D eigenvalue weighted by Gasteiger charge is 2.35. The van der Waals surface area contributed by atoms with Crippen molar-refractivity contribution in [2.45, 2.75) is 51.4 Å². The Bertz CT molecular complexity index is 994. The summed E-state index contributed by atoms with van der Waals surface area (Å²) in [5, 5.41) is 15.6. The van der Waals surface area contributed by atoms with Crippen LogP contribution in [-0.2, 0) is 19.5 Å². The van der Waals surface area contributed by atoms with Crippen LogP contribution in [0.25, 0.3) is 10.9 Å². The molecule has 0 saturated carbocycles. The number of benzene rings is 2. The quantitative estimate of drug-likeness (QED) is 0.674. The molecule has 0 spiro atoms. The third-order valence-corrected chi connectivity index (χ3v) is 6.64. The minimum atomic E-state index is -0.345. The molecule has 0 fully saturated rings. The van der Waals surface area contributed by atoms with E-state index in [1.807, 2.05) is 6.07 Å². The fourth-order valence-electron chi connectivity index (χ4n) is 5.32. The number of nitrogens with zero attached hydrogens (tertiary/aromatic N) is 2. The summed E-state index contributed by atoms with van der Waals surface area (Å²) in [6.07, 6.45) is 3.28. The Kier molecular flexibility index (Phi) is 5.17. The average molecular weight is 390 g/mol. The Morgan fingerprint density at radius 1 is 1.14 bits per heavy atom. The van der Waals surface area contributed by atoms with Crippen LogP contribution in [0.4, 0.5) is 0 Å². The molecule has 4 nitrogen and oxygen atoms in total. The zero-order valence-corrected chi connectivity index (χ0v) is 17.3. The van der Waals surface area contributed by atoms with Gasteiger partial charge in [0.1, 0.15) is 0 Å². The molecule has 1 aliphatic carbocycles. The molecule has 2 atom stereocenters. The summed E-state index contributed by atoms with van der Waals surface area (Å²) in [4.78, 5) is 2.53. The maximum Gasteiger partial charge on any atom is 0.0791 e. The van der Waals surface area contributed by atoms with Crippen molar-refractivity contribution in [2.24, 2.45) is 0 Å². The van der Waals surface area contributed by atoms with E-state index < -0.39 is 0 Å². The molecule has 29 heavy (non-hydrogen) atoms. The fraction of sp³-hybridized carbons (Fsp3) is 0.440. The van der Waals surface area contributed by atoms with Gasteiger partial charge in [0.05, 0.1) is 12.1 Å². The van der Waals surface area contributed by atoms with Gasteiger partial charge in [0.15, 0.2) is 0 Å². The van der Waals surface area contributed by atoms with Crippen molar-refractivity contribution >= 4 is 10.9 Å². The molecule has 2 N–H and O–H groups in total. The number of β-amino-alcohol motifs (C(OH)–C–C–N with tert-alkyl or cyclic N) is 1. The third kappa shape index (κ3) is 3.61. The Labute approximate surface area is 173 Å². The van der Waals surface area contributed by atoms with E-state index in [-0.39, 0.29) is 6.10 Å². The van der Waals surface area contributed by atoms with Crippen LogP contribution >= 0.6 is 0 Å². The number of aromatic nitrogens is 1. The summed E-state index contributed by atoms with van der Waals surface area (Å²) in [6.45, 7) is 6.41. The summed E-state index contributed by atoms with van der Waals surface area (Å²) in [5.41, 5.74) is 7.08. The van der Waals surface area contributed by atoms with Gasteiger partial charge >= 0.3 is 0 Å². The van der Waals surface area contributed by atoms with Crippen LogP contribution in [0.5, 0.6) is 0 Å². The molecule has 2 aliphatic rings. The van der Waals surface area contributed by atoms with Crippen LogP contribution in [0, 0.1) is 6.92 Å². The van der Waals surface area contributed by atoms with Crippen LogP contribution in [0.2, 0.25) is 0 Å². The van der Waals surface area contributed by atoms with Gasteiger partial charge in [0.2, 0.25) is 0 Å². The van der Waals surface area contributed by atoms with Gasteiger partial charge in [-0.3, -0.25) is 4.90 Å². The number of hydrogen-bond donors (Lipinski definition) is 2. The first kappa shape index (κ1) is 18.9. The van der Waals surface area contributed by atoms with E-state index in [0.29, 0.717) is 12.6 Å². The largest absolute Gasteiger partial charge is 0.390 e. The molecule has 1 aromatic heterocycles. The van der Waals surface area contributed by atoms with Crippen molar-refractivity contribution in [1.29, 1.82) is 0 Å². The summed E-state index contributed by atoms with van der Waals surface area (Å²) in [7, 11) is 0. The molecular weight excluding hydrogens is 358 g/mol. The average Bonchev–Trinajstić information content (AvgIpc) is 3.05. The number of nitrogens with one attached hydrogen (secondary N) is 1. The molecule has 1 aliphatic heterocycles. The first-order chi connectivity index (χ1) is 14.2. The van der Waals surface area contributed by atoms with Gasteiger partial charge in [-0.2, -0.15) is 0 Å². The molecule has 0 saturated heterocycles. The van der Waals surface area contributed by atoms with Crippen molar-refractivity contribution in [3.05, 3.63) is 70.9 Å². The highest BCUT2D eigenvalue weighted by Crippen LogP contribution is 2.42. The van der Waals surface area contributed by atoms with Gasteiger partial charge < -0.3 is 15.0 Å². The maximum absolute atomic E-state index is 10.7. The summed E-state index contributed by atoms with van der Waals surface area (Å²) >= 11 is 0. The second-order valence-corrected chi connectivity index (χ2v) is 8.71. The highest BCUT2D eigenvalue weighted by molar-refractivity contribution is 5.87. The van der Waals surface area contributed by atoms with Crippen LogP contribution in [0.1, 0.15) is 41.3 Å². The fourth-order valence-corrected chi connectivity index (χ4v) is 5.32. The van der Waals surface area contributed by atoms with E-state index >= 15 is 0 Å². The van der Waals surface area contributed by atoms with Crippen molar-refractivity contribution in [1.82, 2.24) is 14.8 Å². The molecule has 5 rings (SSSR count). The molecule has 4 heteroatoms. The Morgan fingerprint density at radius 3 is 2.86 bits per heavy atom. The number of aliphatic hydroxyl groups excluding tert-OH is 1. The molecule has 3 aromatic rings. The van der Waals surface area contributed by atoms with E-state index in [1.54, 1.807) is 5.56 Å². The van der Waals surface area contributed by atoms with Crippen molar-refractivity contribution in [2.75, 3.05) is 19.6 Å². The Morgan fingerprint density at radius 2 is 2.00 bits per heavy atom. The standard InChI is InChI=1S/C25H31N3O/c1-18-10-11-23-22(14-18)21-8-5-9-24-25(21)28(23)13-12-27(24)17-20(29)16-26-15-19-6-3-2-4-7-19/h2-4,6-7,10-11,14,20,24,26,29H,5,8-9,12-13,15-17H2,1H3/t20-,24-/m0/s1. The maximum atomic E-state index is 10.7. The molecule has 2 heterocycles. The minimum Gasteiger partial charge on any atom is -0.390 e. The lowest BCUT2D eigenvalue weighted by molar-refractivity contribution is 0.0639. The van der Waals surface area contributed by atoms with E-state index in [0.717, 1.165) is 26.2 Å². The zero-order valence-electron chi connectivity index (χ0n) is 17.3. The van der Waals surface area contributed by atoms with Gasteiger partial charge in [-0.25, -0.2) is 0 Å². The second kappa shape index (κ2) is 7.94.